The Morgan fingerprint density at radius 2 is 2.27 bits per heavy atom. The lowest BCUT2D eigenvalue weighted by Gasteiger charge is -2.32. The third-order valence-corrected chi connectivity index (χ3v) is 4.52. The quantitative estimate of drug-likeness (QED) is 0.843. The fourth-order valence-electron chi connectivity index (χ4n) is 3.32. The smallest absolute Gasteiger partial charge is 0.343 e. The van der Waals surface area contributed by atoms with Crippen molar-refractivity contribution in [3.05, 3.63) is 29.6 Å². The molecule has 8 heteroatoms. The average molecular weight is 364 g/mol. The first-order chi connectivity index (χ1) is 12.5. The number of anilines is 1. The molecule has 1 N–H and O–H groups in total. The lowest BCUT2D eigenvalue weighted by atomic mass is 9.98. The molecule has 0 spiro atoms. The summed E-state index contributed by atoms with van der Waals surface area (Å²) in [6, 6.07) is 4.05. The number of nitrogens with zero attached hydrogens (tertiary/aromatic N) is 2. The van der Waals surface area contributed by atoms with E-state index in [-0.39, 0.29) is 22.9 Å². The average Bonchev–Trinajstić information content (AvgIpc) is 3.08. The Morgan fingerprint density at radius 1 is 1.46 bits per heavy atom. The molecule has 1 fully saturated rings. The lowest BCUT2D eigenvalue weighted by molar-refractivity contribution is 0.0697. The molecule has 0 saturated carbocycles. The van der Waals surface area contributed by atoms with Gasteiger partial charge in [0, 0.05) is 25.8 Å². The molecule has 1 aliphatic heterocycles. The number of rotatable bonds is 6. The Balaban J connectivity index is 1.98. The van der Waals surface area contributed by atoms with Crippen molar-refractivity contribution in [2.75, 3.05) is 38.8 Å². The minimum absolute atomic E-state index is 0.00919. The van der Waals surface area contributed by atoms with Crippen LogP contribution in [-0.4, -0.2) is 50.1 Å². The van der Waals surface area contributed by atoms with Crippen molar-refractivity contribution in [1.82, 2.24) is 5.16 Å². The van der Waals surface area contributed by atoms with E-state index < -0.39 is 11.8 Å². The highest BCUT2D eigenvalue weighted by Gasteiger charge is 2.30. The molecule has 1 atom stereocenters. The maximum absolute atomic E-state index is 13.6. The first-order valence-corrected chi connectivity index (χ1v) is 8.36. The molecule has 0 radical (unpaired) electrons. The molecule has 3 rings (SSSR count). The number of benzene rings is 1. The number of aromatic carboxylic acids is 1. The number of hydrogen-bond donors (Lipinski definition) is 1. The van der Waals surface area contributed by atoms with Gasteiger partial charge in [0.1, 0.15) is 0 Å². The number of carboxylic acids is 1. The normalized spacial score (nSPS) is 17.3. The van der Waals surface area contributed by atoms with E-state index in [1.54, 1.807) is 7.11 Å². The van der Waals surface area contributed by atoms with Crippen LogP contribution in [0.25, 0.3) is 11.3 Å². The van der Waals surface area contributed by atoms with Gasteiger partial charge in [0.15, 0.2) is 28.7 Å². The molecule has 0 amide bonds. The zero-order chi connectivity index (χ0) is 18.7. The third kappa shape index (κ3) is 3.50. The molecule has 26 heavy (non-hydrogen) atoms. The van der Waals surface area contributed by atoms with Gasteiger partial charge in [-0.1, -0.05) is 5.16 Å². The van der Waals surface area contributed by atoms with Crippen molar-refractivity contribution in [3.8, 4) is 17.1 Å². The number of hydrogen-bond acceptors (Lipinski definition) is 6. The molecular formula is C18H21FN2O5. The van der Waals surface area contributed by atoms with Gasteiger partial charge in [0.05, 0.1) is 13.7 Å². The van der Waals surface area contributed by atoms with Gasteiger partial charge in [-0.2, -0.15) is 0 Å². The number of carboxylic acid groups (broad SMARTS) is 1. The molecule has 2 heterocycles. The highest BCUT2D eigenvalue weighted by atomic mass is 19.1. The molecule has 0 bridgehead atoms. The van der Waals surface area contributed by atoms with E-state index in [0.717, 1.165) is 12.8 Å². The van der Waals surface area contributed by atoms with Gasteiger partial charge in [0.25, 0.3) is 0 Å². The van der Waals surface area contributed by atoms with Gasteiger partial charge in [0.2, 0.25) is 0 Å². The van der Waals surface area contributed by atoms with E-state index in [2.05, 4.69) is 5.16 Å². The minimum Gasteiger partial charge on any atom is -0.494 e. The van der Waals surface area contributed by atoms with Crippen molar-refractivity contribution in [2.45, 2.75) is 12.8 Å². The molecule has 1 aliphatic rings. The van der Waals surface area contributed by atoms with E-state index in [1.807, 2.05) is 4.90 Å². The van der Waals surface area contributed by atoms with E-state index in [0.29, 0.717) is 31.2 Å². The van der Waals surface area contributed by atoms with Crippen LogP contribution in [0.1, 0.15) is 23.2 Å². The highest BCUT2D eigenvalue weighted by molar-refractivity contribution is 5.99. The predicted molar refractivity (Wildman–Crippen MR) is 92.2 cm³/mol. The summed E-state index contributed by atoms with van der Waals surface area (Å²) in [5.41, 5.74) is 0.363. The van der Waals surface area contributed by atoms with Gasteiger partial charge in [-0.05, 0) is 37.0 Å². The summed E-state index contributed by atoms with van der Waals surface area (Å²) in [6.07, 6.45) is 1.94. The zero-order valence-corrected chi connectivity index (χ0v) is 14.7. The first kappa shape index (κ1) is 18.2. The third-order valence-electron chi connectivity index (χ3n) is 4.52. The Labute approximate surface area is 150 Å². The highest BCUT2D eigenvalue weighted by Crippen LogP contribution is 2.35. The van der Waals surface area contributed by atoms with Crippen molar-refractivity contribution in [2.24, 2.45) is 5.92 Å². The lowest BCUT2D eigenvalue weighted by Crippen LogP contribution is -2.38. The Kier molecular flexibility index (Phi) is 5.41. The number of carbonyl (C=O) groups is 1. The second-order valence-corrected chi connectivity index (χ2v) is 6.27. The maximum Gasteiger partial charge on any atom is 0.343 e. The summed E-state index contributed by atoms with van der Waals surface area (Å²) >= 11 is 0. The Bertz CT molecular complexity index is 790. The minimum atomic E-state index is -1.14. The SMILES string of the molecule is COCC1CCCN(c2noc(-c3ccc(F)c(OC)c3)c2C(=O)O)C1. The summed E-state index contributed by atoms with van der Waals surface area (Å²) in [5, 5.41) is 13.7. The van der Waals surface area contributed by atoms with E-state index in [9.17, 15) is 14.3 Å². The number of halogens is 1. The van der Waals surface area contributed by atoms with Crippen molar-refractivity contribution in [3.63, 3.8) is 0 Å². The molecular weight excluding hydrogens is 343 g/mol. The van der Waals surface area contributed by atoms with Gasteiger partial charge in [-0.15, -0.1) is 0 Å². The van der Waals surface area contributed by atoms with E-state index in [1.165, 1.54) is 25.3 Å². The van der Waals surface area contributed by atoms with E-state index >= 15 is 0 Å². The van der Waals surface area contributed by atoms with Crippen molar-refractivity contribution < 1.29 is 28.3 Å². The molecule has 1 unspecified atom stereocenters. The summed E-state index contributed by atoms with van der Waals surface area (Å²) in [4.78, 5) is 13.8. The summed E-state index contributed by atoms with van der Waals surface area (Å²) in [5.74, 6) is -0.993. The second kappa shape index (κ2) is 7.74. The topological polar surface area (TPSA) is 85.0 Å². The largest absolute Gasteiger partial charge is 0.494 e. The van der Waals surface area contributed by atoms with Crippen LogP contribution < -0.4 is 9.64 Å². The summed E-state index contributed by atoms with van der Waals surface area (Å²) < 4.78 is 29.2. The van der Waals surface area contributed by atoms with Gasteiger partial charge in [-0.25, -0.2) is 9.18 Å². The molecule has 7 nitrogen and oxygen atoms in total. The Morgan fingerprint density at radius 3 is 2.96 bits per heavy atom. The molecule has 0 aliphatic carbocycles. The first-order valence-electron chi connectivity index (χ1n) is 8.36. The summed E-state index contributed by atoms with van der Waals surface area (Å²) in [7, 11) is 2.99. The predicted octanol–water partition coefficient (Wildman–Crippen LogP) is 3.05. The summed E-state index contributed by atoms with van der Waals surface area (Å²) in [6.45, 7) is 1.95. The molecule has 2 aromatic rings. The molecule has 1 aromatic carbocycles. The fourth-order valence-corrected chi connectivity index (χ4v) is 3.32. The van der Waals surface area contributed by atoms with E-state index in [4.69, 9.17) is 14.0 Å². The van der Waals surface area contributed by atoms with Crippen LogP contribution in [0.4, 0.5) is 10.2 Å². The van der Waals surface area contributed by atoms with Crippen LogP contribution in [0, 0.1) is 11.7 Å². The van der Waals surface area contributed by atoms with Crippen molar-refractivity contribution in [1.29, 1.82) is 0 Å². The van der Waals surface area contributed by atoms with Crippen LogP contribution in [0.5, 0.6) is 5.75 Å². The van der Waals surface area contributed by atoms with Crippen LogP contribution in [0.15, 0.2) is 22.7 Å². The second-order valence-electron chi connectivity index (χ2n) is 6.27. The maximum atomic E-state index is 13.6. The number of ether oxygens (including phenoxy) is 2. The monoisotopic (exact) mass is 364 g/mol. The Hall–Kier alpha value is -2.61. The molecule has 1 aromatic heterocycles. The van der Waals surface area contributed by atoms with Crippen LogP contribution in [0.2, 0.25) is 0 Å². The number of piperidine rings is 1. The van der Waals surface area contributed by atoms with Gasteiger partial charge < -0.3 is 24.0 Å². The number of methoxy groups -OCH3 is 2. The van der Waals surface area contributed by atoms with Gasteiger partial charge in [-0.3, -0.25) is 0 Å². The van der Waals surface area contributed by atoms with Gasteiger partial charge >= 0.3 is 5.97 Å². The fraction of sp³-hybridized carbons (Fsp3) is 0.444. The number of aromatic nitrogens is 1. The standard InChI is InChI=1S/C18H21FN2O5/c1-24-10-11-4-3-7-21(9-11)17-15(18(22)23)16(26-20-17)12-5-6-13(19)14(8-12)25-2/h5-6,8,11H,3-4,7,9-10H2,1-2H3,(H,22,23). The molecule has 140 valence electrons. The van der Waals surface area contributed by atoms with Crippen LogP contribution in [0.3, 0.4) is 0 Å². The molecule has 1 saturated heterocycles. The zero-order valence-electron chi connectivity index (χ0n) is 14.7. The van der Waals surface area contributed by atoms with Crippen molar-refractivity contribution >= 4 is 11.8 Å². The van der Waals surface area contributed by atoms with Crippen LogP contribution >= 0.6 is 0 Å². The van der Waals surface area contributed by atoms with Crippen LogP contribution in [-0.2, 0) is 4.74 Å².